The average Bonchev–Trinajstić information content (AvgIpc) is 2.93. The average molecular weight is 291 g/mol. The van der Waals surface area contributed by atoms with Gasteiger partial charge in [0.25, 0.3) is 0 Å². The SMILES string of the molecule is O=C(Cc1cccc2c1OCO2)Nc1c(F)cccc1F. The van der Waals surface area contributed by atoms with Crippen molar-refractivity contribution in [3.8, 4) is 11.5 Å². The number of halogens is 2. The maximum absolute atomic E-state index is 13.5. The van der Waals surface area contributed by atoms with Gasteiger partial charge in [0.2, 0.25) is 12.7 Å². The van der Waals surface area contributed by atoms with Crippen LogP contribution in [0.1, 0.15) is 5.56 Å². The second kappa shape index (κ2) is 5.40. The molecule has 1 aliphatic rings. The van der Waals surface area contributed by atoms with E-state index in [-0.39, 0.29) is 13.2 Å². The molecule has 1 N–H and O–H groups in total. The first kappa shape index (κ1) is 13.4. The van der Waals surface area contributed by atoms with Crippen molar-refractivity contribution in [2.24, 2.45) is 0 Å². The van der Waals surface area contributed by atoms with E-state index >= 15 is 0 Å². The zero-order chi connectivity index (χ0) is 14.8. The highest BCUT2D eigenvalue weighted by atomic mass is 19.1. The van der Waals surface area contributed by atoms with Crippen LogP contribution in [0.4, 0.5) is 14.5 Å². The molecule has 0 bridgehead atoms. The summed E-state index contributed by atoms with van der Waals surface area (Å²) >= 11 is 0. The minimum atomic E-state index is -0.818. The molecule has 0 atom stereocenters. The van der Waals surface area contributed by atoms with E-state index in [0.717, 1.165) is 12.1 Å². The quantitative estimate of drug-likeness (QED) is 0.946. The number of anilines is 1. The molecule has 4 nitrogen and oxygen atoms in total. The normalized spacial score (nSPS) is 12.3. The van der Waals surface area contributed by atoms with Crippen LogP contribution >= 0.6 is 0 Å². The summed E-state index contributed by atoms with van der Waals surface area (Å²) in [4.78, 5) is 11.9. The Morgan fingerprint density at radius 1 is 1.10 bits per heavy atom. The lowest BCUT2D eigenvalue weighted by atomic mass is 10.1. The number of carbonyl (C=O) groups is 1. The minimum absolute atomic E-state index is 0.0691. The molecule has 0 aliphatic carbocycles. The van der Waals surface area contributed by atoms with Gasteiger partial charge in [0.1, 0.15) is 17.3 Å². The number of fused-ring (bicyclic) bond motifs is 1. The van der Waals surface area contributed by atoms with Crippen molar-refractivity contribution in [2.75, 3.05) is 12.1 Å². The molecule has 0 saturated carbocycles. The van der Waals surface area contributed by atoms with Crippen molar-refractivity contribution >= 4 is 11.6 Å². The summed E-state index contributed by atoms with van der Waals surface area (Å²) in [5, 5.41) is 2.23. The number of amides is 1. The fourth-order valence-corrected chi connectivity index (χ4v) is 2.10. The van der Waals surface area contributed by atoms with Gasteiger partial charge in [-0.2, -0.15) is 0 Å². The standard InChI is InChI=1S/C15H11F2NO3/c16-10-4-2-5-11(17)14(10)18-13(19)7-9-3-1-6-12-15(9)21-8-20-12/h1-6H,7-8H2,(H,18,19). The van der Waals surface area contributed by atoms with Crippen molar-refractivity contribution in [2.45, 2.75) is 6.42 Å². The lowest BCUT2D eigenvalue weighted by Crippen LogP contribution is -2.16. The summed E-state index contributed by atoms with van der Waals surface area (Å²) < 4.78 is 37.4. The van der Waals surface area contributed by atoms with Gasteiger partial charge in [0.05, 0.1) is 6.42 Å². The van der Waals surface area contributed by atoms with Crippen molar-refractivity contribution in [1.82, 2.24) is 0 Å². The lowest BCUT2D eigenvalue weighted by molar-refractivity contribution is -0.115. The topological polar surface area (TPSA) is 47.6 Å². The maximum Gasteiger partial charge on any atom is 0.231 e. The Hall–Kier alpha value is -2.63. The van der Waals surface area contributed by atoms with Crippen LogP contribution in [0.2, 0.25) is 0 Å². The summed E-state index contributed by atoms with van der Waals surface area (Å²) in [6.07, 6.45) is -0.0691. The number of benzene rings is 2. The molecule has 1 aliphatic heterocycles. The number of hydrogen-bond donors (Lipinski definition) is 1. The minimum Gasteiger partial charge on any atom is -0.454 e. The molecule has 0 spiro atoms. The molecule has 108 valence electrons. The molecule has 0 unspecified atom stereocenters. The number of rotatable bonds is 3. The first-order valence-corrected chi connectivity index (χ1v) is 6.26. The predicted molar refractivity (Wildman–Crippen MR) is 71.3 cm³/mol. The summed E-state index contributed by atoms with van der Waals surface area (Å²) in [7, 11) is 0. The Kier molecular flexibility index (Phi) is 3.43. The Balaban J connectivity index is 1.77. The lowest BCUT2D eigenvalue weighted by Gasteiger charge is -2.09. The van der Waals surface area contributed by atoms with Crippen molar-refractivity contribution in [3.05, 3.63) is 53.6 Å². The van der Waals surface area contributed by atoms with E-state index in [9.17, 15) is 13.6 Å². The molecule has 0 aromatic heterocycles. The van der Waals surface area contributed by atoms with Gasteiger partial charge in [-0.15, -0.1) is 0 Å². The fraction of sp³-hybridized carbons (Fsp3) is 0.133. The molecular formula is C15H11F2NO3. The Bertz CT molecular complexity index is 683. The molecule has 0 saturated heterocycles. The monoisotopic (exact) mass is 291 g/mol. The van der Waals surface area contributed by atoms with Crippen molar-refractivity contribution < 1.29 is 23.0 Å². The van der Waals surface area contributed by atoms with E-state index in [1.807, 2.05) is 0 Å². The van der Waals surface area contributed by atoms with E-state index in [2.05, 4.69) is 5.32 Å². The first-order chi connectivity index (χ1) is 10.1. The Morgan fingerprint density at radius 2 is 1.81 bits per heavy atom. The van der Waals surface area contributed by atoms with Crippen LogP contribution in [0.25, 0.3) is 0 Å². The zero-order valence-electron chi connectivity index (χ0n) is 10.9. The van der Waals surface area contributed by atoms with Crippen LogP contribution in [0.15, 0.2) is 36.4 Å². The van der Waals surface area contributed by atoms with Gasteiger partial charge >= 0.3 is 0 Å². The molecule has 0 fully saturated rings. The second-order valence-corrected chi connectivity index (χ2v) is 4.47. The van der Waals surface area contributed by atoms with Crippen molar-refractivity contribution in [3.63, 3.8) is 0 Å². The van der Waals surface area contributed by atoms with Crippen LogP contribution < -0.4 is 14.8 Å². The zero-order valence-corrected chi connectivity index (χ0v) is 10.9. The highest BCUT2D eigenvalue weighted by Gasteiger charge is 2.20. The molecule has 6 heteroatoms. The van der Waals surface area contributed by atoms with Crippen LogP contribution in [0.3, 0.4) is 0 Å². The maximum atomic E-state index is 13.5. The molecule has 2 aromatic rings. The highest BCUT2D eigenvalue weighted by Crippen LogP contribution is 2.35. The highest BCUT2D eigenvalue weighted by molar-refractivity contribution is 5.93. The van der Waals surface area contributed by atoms with Gasteiger partial charge in [-0.05, 0) is 18.2 Å². The molecule has 1 heterocycles. The third-order valence-electron chi connectivity index (χ3n) is 3.06. The number of carbonyl (C=O) groups excluding carboxylic acids is 1. The number of nitrogens with one attached hydrogen (secondary N) is 1. The summed E-state index contributed by atoms with van der Waals surface area (Å²) in [5.74, 6) is -1.13. The number of ether oxygens (including phenoxy) is 2. The largest absolute Gasteiger partial charge is 0.454 e. The van der Waals surface area contributed by atoms with Crippen LogP contribution in [0.5, 0.6) is 11.5 Å². The van der Waals surface area contributed by atoms with Crippen LogP contribution in [-0.2, 0) is 11.2 Å². The second-order valence-electron chi connectivity index (χ2n) is 4.47. The third kappa shape index (κ3) is 2.65. The van der Waals surface area contributed by atoms with E-state index in [1.54, 1.807) is 18.2 Å². The van der Waals surface area contributed by atoms with Crippen LogP contribution in [0, 0.1) is 11.6 Å². The van der Waals surface area contributed by atoms with Gasteiger partial charge in [0, 0.05) is 5.56 Å². The van der Waals surface area contributed by atoms with E-state index in [4.69, 9.17) is 9.47 Å². The van der Waals surface area contributed by atoms with Gasteiger partial charge in [-0.25, -0.2) is 8.78 Å². The Labute approximate surface area is 119 Å². The summed E-state index contributed by atoms with van der Waals surface area (Å²) in [6.45, 7) is 0.0932. The van der Waals surface area contributed by atoms with Gasteiger partial charge < -0.3 is 14.8 Å². The van der Waals surface area contributed by atoms with E-state index in [0.29, 0.717) is 17.1 Å². The molecular weight excluding hydrogens is 280 g/mol. The number of para-hydroxylation sites is 2. The van der Waals surface area contributed by atoms with E-state index < -0.39 is 23.2 Å². The smallest absolute Gasteiger partial charge is 0.231 e. The first-order valence-electron chi connectivity index (χ1n) is 6.26. The van der Waals surface area contributed by atoms with E-state index in [1.165, 1.54) is 6.07 Å². The van der Waals surface area contributed by atoms with Crippen LogP contribution in [-0.4, -0.2) is 12.7 Å². The van der Waals surface area contributed by atoms with Gasteiger partial charge in [0.15, 0.2) is 11.5 Å². The third-order valence-corrected chi connectivity index (χ3v) is 3.06. The number of hydrogen-bond acceptors (Lipinski definition) is 3. The predicted octanol–water partition coefficient (Wildman–Crippen LogP) is 2.87. The fourth-order valence-electron chi connectivity index (χ4n) is 2.10. The molecule has 1 amide bonds. The van der Waals surface area contributed by atoms with Gasteiger partial charge in [-0.1, -0.05) is 18.2 Å². The van der Waals surface area contributed by atoms with Crippen molar-refractivity contribution in [1.29, 1.82) is 0 Å². The molecule has 0 radical (unpaired) electrons. The van der Waals surface area contributed by atoms with Gasteiger partial charge in [-0.3, -0.25) is 4.79 Å². The molecule has 2 aromatic carbocycles. The molecule has 3 rings (SSSR count). The Morgan fingerprint density at radius 3 is 2.57 bits per heavy atom. The summed E-state index contributed by atoms with van der Waals surface area (Å²) in [6, 6.07) is 8.53. The molecule has 21 heavy (non-hydrogen) atoms. The summed E-state index contributed by atoms with van der Waals surface area (Å²) in [5.41, 5.74) is 0.145.